The lowest BCUT2D eigenvalue weighted by Crippen LogP contribution is -2.38. The summed E-state index contributed by atoms with van der Waals surface area (Å²) < 4.78 is 7.82. The summed E-state index contributed by atoms with van der Waals surface area (Å²) >= 11 is 5.42. The molecule has 0 aliphatic carbocycles. The number of morpholine rings is 1. The third-order valence-electron chi connectivity index (χ3n) is 3.40. The highest BCUT2D eigenvalue weighted by atomic mass is 32.1. The first-order valence-electron chi connectivity index (χ1n) is 6.31. The molecule has 0 atom stereocenters. The number of carbonyl (C=O) groups is 1. The largest absolute Gasteiger partial charge is 0.379 e. The molecule has 1 saturated heterocycles. The zero-order chi connectivity index (χ0) is 14.0. The number of aromatic nitrogens is 1. The van der Waals surface area contributed by atoms with Gasteiger partial charge >= 0.3 is 0 Å². The third kappa shape index (κ3) is 3.02. The molecule has 1 fully saturated rings. The highest BCUT2D eigenvalue weighted by molar-refractivity contribution is 7.71. The van der Waals surface area contributed by atoms with E-state index in [4.69, 9.17) is 22.7 Å². The van der Waals surface area contributed by atoms with Gasteiger partial charge < -0.3 is 15.0 Å². The first-order chi connectivity index (χ1) is 9.00. The quantitative estimate of drug-likeness (QED) is 0.846. The Bertz CT molecular complexity index is 548. The van der Waals surface area contributed by atoms with Gasteiger partial charge in [-0.05, 0) is 25.5 Å². The second-order valence-electron chi connectivity index (χ2n) is 4.81. The Kier molecular flexibility index (Phi) is 4.34. The molecular formula is C13H19N3O2S. The number of hydrogen-bond donors (Lipinski definition) is 1. The average molecular weight is 281 g/mol. The molecule has 19 heavy (non-hydrogen) atoms. The molecule has 1 aromatic rings. The molecule has 0 spiro atoms. The zero-order valence-electron chi connectivity index (χ0n) is 11.3. The van der Waals surface area contributed by atoms with E-state index >= 15 is 0 Å². The molecule has 6 heteroatoms. The van der Waals surface area contributed by atoms with Gasteiger partial charge in [-0.1, -0.05) is 12.2 Å². The maximum Gasteiger partial charge on any atom is 0.251 e. The van der Waals surface area contributed by atoms with Crippen molar-refractivity contribution in [1.29, 1.82) is 0 Å². The van der Waals surface area contributed by atoms with E-state index in [0.717, 1.165) is 37.6 Å². The Morgan fingerprint density at radius 1 is 1.42 bits per heavy atom. The first-order valence-corrected chi connectivity index (χ1v) is 6.72. The normalized spacial score (nSPS) is 16.5. The molecule has 2 rings (SSSR count). The van der Waals surface area contributed by atoms with Gasteiger partial charge in [-0.15, -0.1) is 0 Å². The van der Waals surface area contributed by atoms with E-state index in [-0.39, 0.29) is 0 Å². The van der Waals surface area contributed by atoms with E-state index in [1.807, 2.05) is 24.5 Å². The van der Waals surface area contributed by atoms with Crippen LogP contribution in [0.2, 0.25) is 0 Å². The maximum absolute atomic E-state index is 11.5. The van der Waals surface area contributed by atoms with Crippen LogP contribution < -0.4 is 5.73 Å². The summed E-state index contributed by atoms with van der Waals surface area (Å²) in [6.07, 6.45) is 0. The Balaban J connectivity index is 2.36. The Morgan fingerprint density at radius 3 is 2.63 bits per heavy atom. The fourth-order valence-electron chi connectivity index (χ4n) is 2.35. The summed E-state index contributed by atoms with van der Waals surface area (Å²) in [4.78, 5) is 13.8. The Hall–Kier alpha value is -1.24. The van der Waals surface area contributed by atoms with Crippen molar-refractivity contribution < 1.29 is 9.53 Å². The van der Waals surface area contributed by atoms with Gasteiger partial charge in [-0.2, -0.15) is 0 Å². The minimum atomic E-state index is -0.460. The molecular weight excluding hydrogens is 262 g/mol. The molecule has 0 radical (unpaired) electrons. The molecule has 104 valence electrons. The number of primary amides is 1. The van der Waals surface area contributed by atoms with Crippen LogP contribution in [0.3, 0.4) is 0 Å². The van der Waals surface area contributed by atoms with Crippen LogP contribution >= 0.6 is 12.2 Å². The van der Waals surface area contributed by atoms with Crippen LogP contribution in [0.5, 0.6) is 0 Å². The lowest BCUT2D eigenvalue weighted by molar-refractivity contribution is 0.0227. The smallest absolute Gasteiger partial charge is 0.251 e. The summed E-state index contributed by atoms with van der Waals surface area (Å²) in [5.74, 6) is -0.460. The monoisotopic (exact) mass is 281 g/mol. The van der Waals surface area contributed by atoms with Crippen LogP contribution in [0, 0.1) is 18.5 Å². The van der Waals surface area contributed by atoms with Crippen LogP contribution in [-0.2, 0) is 11.4 Å². The average Bonchev–Trinajstić information content (AvgIpc) is 2.35. The van der Waals surface area contributed by atoms with Crippen molar-refractivity contribution in [2.45, 2.75) is 20.5 Å². The predicted molar refractivity (Wildman–Crippen MR) is 75.6 cm³/mol. The number of carbonyl (C=O) groups excluding carboxylic acids is 1. The summed E-state index contributed by atoms with van der Waals surface area (Å²) in [7, 11) is 0. The highest BCUT2D eigenvalue weighted by Crippen LogP contribution is 2.14. The molecule has 2 heterocycles. The van der Waals surface area contributed by atoms with Crippen molar-refractivity contribution in [2.75, 3.05) is 26.3 Å². The van der Waals surface area contributed by atoms with Gasteiger partial charge in [0, 0.05) is 18.8 Å². The topological polar surface area (TPSA) is 60.5 Å². The first kappa shape index (κ1) is 14.2. The second kappa shape index (κ2) is 5.81. The summed E-state index contributed by atoms with van der Waals surface area (Å²) in [5, 5.41) is 0. The van der Waals surface area contributed by atoms with E-state index in [0.29, 0.717) is 16.9 Å². The summed E-state index contributed by atoms with van der Waals surface area (Å²) in [6, 6.07) is 1.95. The van der Waals surface area contributed by atoms with E-state index in [1.165, 1.54) is 0 Å². The molecule has 0 bridgehead atoms. The number of pyridine rings is 1. The lowest BCUT2D eigenvalue weighted by atomic mass is 10.1. The fourth-order valence-corrected chi connectivity index (χ4v) is 2.81. The van der Waals surface area contributed by atoms with E-state index in [2.05, 4.69) is 4.90 Å². The van der Waals surface area contributed by atoms with Gasteiger partial charge in [-0.25, -0.2) is 0 Å². The highest BCUT2D eigenvalue weighted by Gasteiger charge is 2.15. The van der Waals surface area contributed by atoms with Crippen LogP contribution in [0.15, 0.2) is 6.07 Å². The Morgan fingerprint density at radius 2 is 2.05 bits per heavy atom. The Labute approximate surface area is 118 Å². The van der Waals surface area contributed by atoms with E-state index < -0.39 is 5.91 Å². The number of ether oxygens (including phenoxy) is 1. The van der Waals surface area contributed by atoms with Crippen molar-refractivity contribution >= 4 is 18.1 Å². The second-order valence-corrected chi connectivity index (χ2v) is 5.20. The van der Waals surface area contributed by atoms with Crippen LogP contribution in [0.1, 0.15) is 21.6 Å². The van der Waals surface area contributed by atoms with Crippen LogP contribution in [0.4, 0.5) is 0 Å². The van der Waals surface area contributed by atoms with Crippen LogP contribution in [0.25, 0.3) is 0 Å². The van der Waals surface area contributed by atoms with Crippen molar-refractivity contribution in [2.24, 2.45) is 5.73 Å². The zero-order valence-corrected chi connectivity index (χ0v) is 12.1. The number of nitrogens with zero attached hydrogens (tertiary/aromatic N) is 2. The van der Waals surface area contributed by atoms with Crippen molar-refractivity contribution in [3.05, 3.63) is 27.5 Å². The molecule has 0 unspecified atom stereocenters. The maximum atomic E-state index is 11.5. The number of rotatable bonds is 3. The summed E-state index contributed by atoms with van der Waals surface area (Å²) in [5.41, 5.74) is 7.75. The summed E-state index contributed by atoms with van der Waals surface area (Å²) in [6.45, 7) is 7.76. The van der Waals surface area contributed by atoms with E-state index in [9.17, 15) is 4.79 Å². The number of amides is 1. The van der Waals surface area contributed by atoms with Gasteiger partial charge in [0.15, 0.2) is 0 Å². The standard InChI is InChI=1S/C13H19N3O2S/c1-9-7-10(2)16(13(19)11(9)12(14)17)8-15-3-5-18-6-4-15/h7H,3-6,8H2,1-2H3,(H2,14,17). The van der Waals surface area contributed by atoms with Gasteiger partial charge in [-0.3, -0.25) is 9.69 Å². The fraction of sp³-hybridized carbons (Fsp3) is 0.538. The minimum Gasteiger partial charge on any atom is -0.379 e. The van der Waals surface area contributed by atoms with E-state index in [1.54, 1.807) is 0 Å². The lowest BCUT2D eigenvalue weighted by Gasteiger charge is -2.28. The van der Waals surface area contributed by atoms with Gasteiger partial charge in [0.1, 0.15) is 4.64 Å². The molecule has 0 saturated carbocycles. The molecule has 2 N–H and O–H groups in total. The van der Waals surface area contributed by atoms with Crippen LogP contribution in [-0.4, -0.2) is 41.7 Å². The number of nitrogens with two attached hydrogens (primary N) is 1. The molecule has 5 nitrogen and oxygen atoms in total. The molecule has 1 aliphatic heterocycles. The van der Waals surface area contributed by atoms with Gasteiger partial charge in [0.25, 0.3) is 5.91 Å². The van der Waals surface area contributed by atoms with Gasteiger partial charge in [0.2, 0.25) is 0 Å². The minimum absolute atomic E-state index is 0.453. The number of aryl methyl sites for hydroxylation is 2. The number of hydrogen-bond acceptors (Lipinski definition) is 4. The van der Waals surface area contributed by atoms with Crippen molar-refractivity contribution in [3.8, 4) is 0 Å². The molecule has 0 aromatic carbocycles. The molecule has 1 amide bonds. The molecule has 1 aromatic heterocycles. The van der Waals surface area contributed by atoms with Crippen molar-refractivity contribution in [1.82, 2.24) is 9.47 Å². The SMILES string of the molecule is Cc1cc(C)n(CN2CCOCC2)c(=S)c1C(N)=O. The van der Waals surface area contributed by atoms with Crippen molar-refractivity contribution in [3.63, 3.8) is 0 Å². The molecule has 1 aliphatic rings. The predicted octanol–water partition coefficient (Wildman–Crippen LogP) is 1.22. The van der Waals surface area contributed by atoms with Gasteiger partial charge in [0.05, 0.1) is 25.4 Å². The third-order valence-corrected chi connectivity index (χ3v) is 3.82.